The maximum atomic E-state index is 10.9. The van der Waals surface area contributed by atoms with Gasteiger partial charge in [0.1, 0.15) is 0 Å². The van der Waals surface area contributed by atoms with E-state index in [4.69, 9.17) is 39.1 Å². The highest BCUT2D eigenvalue weighted by Crippen LogP contribution is 2.70. The summed E-state index contributed by atoms with van der Waals surface area (Å²) in [6.45, 7) is 0. The molecule has 19 heavy (non-hydrogen) atoms. The molecule has 0 amide bonds. The number of hydrogen-bond donors (Lipinski definition) is 8. The van der Waals surface area contributed by atoms with Crippen molar-refractivity contribution in [1.82, 2.24) is 0 Å². The van der Waals surface area contributed by atoms with Gasteiger partial charge in [0.25, 0.3) is 0 Å². The molecule has 0 rings (SSSR count). The van der Waals surface area contributed by atoms with Crippen LogP contribution in [0.4, 0.5) is 0 Å². The molecule has 0 saturated heterocycles. The lowest BCUT2D eigenvalue weighted by Gasteiger charge is -2.23. The summed E-state index contributed by atoms with van der Waals surface area (Å²) < 4.78 is 43.4. The molecule has 0 aromatic heterocycles. The lowest BCUT2D eigenvalue weighted by atomic mass is 10.7. The largest absolute Gasteiger partial charge is 0.354 e. The summed E-state index contributed by atoms with van der Waals surface area (Å²) in [6.07, 6.45) is 0. The average Bonchev–Trinajstić information content (AvgIpc) is 1.91. The molecule has 0 heterocycles. The van der Waals surface area contributed by atoms with E-state index in [1.165, 1.54) is 0 Å². The van der Waals surface area contributed by atoms with Crippen LogP contribution in [0.5, 0.6) is 0 Å². The Morgan fingerprint density at radius 3 is 1.21 bits per heavy atom. The zero-order valence-corrected chi connectivity index (χ0v) is 12.2. The molecule has 0 atom stereocenters. The zero-order chi connectivity index (χ0) is 15.9. The van der Waals surface area contributed by atoms with E-state index < -0.39 is 46.9 Å². The number of hydrogen-bond acceptors (Lipinski definition) is 4. The fourth-order valence-electron chi connectivity index (χ4n) is 1.01. The molecule has 8 N–H and O–H groups in total. The molecule has 0 fully saturated rings. The van der Waals surface area contributed by atoms with Crippen molar-refractivity contribution >= 4 is 30.4 Å². The van der Waals surface area contributed by atoms with E-state index in [-0.39, 0.29) is 0 Å². The third-order valence-corrected chi connectivity index (χ3v) is 7.46. The normalized spacial score (nSPS) is 15.9. The molecule has 0 unspecified atom stereocenters. The quantitative estimate of drug-likeness (QED) is 0.271. The highest BCUT2D eigenvalue weighted by atomic mass is 31.2. The maximum Gasteiger partial charge on any atom is 0.354 e. The van der Waals surface area contributed by atoms with Crippen molar-refractivity contribution in [2.75, 3.05) is 0 Å². The monoisotopic (exact) mass is 362 g/mol. The van der Waals surface area contributed by atoms with E-state index >= 15 is 0 Å². The van der Waals surface area contributed by atoms with E-state index in [1.807, 2.05) is 0 Å². The summed E-state index contributed by atoms with van der Waals surface area (Å²) in [5.74, 6) is -0.559. The second kappa shape index (κ2) is 5.61. The fraction of sp³-hybridized carbons (Fsp3) is 0.333. The van der Waals surface area contributed by atoms with Gasteiger partial charge in [0.2, 0.25) is 0 Å². The van der Waals surface area contributed by atoms with E-state index in [0.29, 0.717) is 0 Å². The van der Waals surface area contributed by atoms with E-state index in [2.05, 4.69) is 0 Å². The first-order chi connectivity index (χ1) is 7.96. The topological polar surface area (TPSA) is 230 Å². The molecule has 0 aliphatic heterocycles. The van der Waals surface area contributed by atoms with Crippen molar-refractivity contribution in [1.29, 1.82) is 0 Å². The van der Waals surface area contributed by atoms with Crippen molar-refractivity contribution in [2.45, 2.75) is 5.40 Å². The van der Waals surface area contributed by atoms with Crippen LogP contribution in [0.15, 0.2) is 11.1 Å². The molecular weight excluding hydrogens is 352 g/mol. The Bertz CT molecular complexity index is 528. The van der Waals surface area contributed by atoms with Crippen molar-refractivity contribution in [3.63, 3.8) is 0 Å². The number of rotatable bonds is 5. The van der Waals surface area contributed by atoms with Gasteiger partial charge >= 0.3 is 30.4 Å². The van der Waals surface area contributed by atoms with Crippen LogP contribution in [0.2, 0.25) is 0 Å². The third-order valence-electron chi connectivity index (χ3n) is 1.54. The van der Waals surface area contributed by atoms with Crippen LogP contribution >= 0.6 is 30.4 Å². The minimum absolute atomic E-state index is 0.559. The van der Waals surface area contributed by atoms with Crippen LogP contribution in [0.1, 0.15) is 0 Å². The van der Waals surface area contributed by atoms with Gasteiger partial charge in [-0.1, -0.05) is 0 Å². The Labute approximate surface area is 105 Å². The van der Waals surface area contributed by atoms with Crippen LogP contribution < -0.4 is 0 Å². The predicted molar refractivity (Wildman–Crippen MR) is 60.0 cm³/mol. The maximum absolute atomic E-state index is 10.9. The first kappa shape index (κ1) is 19.3. The van der Waals surface area contributed by atoms with Crippen LogP contribution in [-0.4, -0.2) is 44.5 Å². The van der Waals surface area contributed by atoms with Gasteiger partial charge in [0, 0.05) is 5.82 Å². The van der Waals surface area contributed by atoms with Crippen molar-refractivity contribution in [3.05, 3.63) is 11.1 Å². The summed E-state index contributed by atoms with van der Waals surface area (Å²) in [6, 6.07) is 0. The lowest BCUT2D eigenvalue weighted by molar-refractivity contribution is 0.339. The zero-order valence-electron chi connectivity index (χ0n) is 8.65. The van der Waals surface area contributed by atoms with E-state index in [1.54, 1.807) is 0 Å². The molecule has 0 spiro atoms. The molecule has 0 aromatic rings. The second-order valence-electron chi connectivity index (χ2n) is 3.24. The first-order valence-corrected chi connectivity index (χ1v) is 10.6. The van der Waals surface area contributed by atoms with Crippen LogP contribution in [0.3, 0.4) is 0 Å². The third kappa shape index (κ3) is 6.55. The highest BCUT2D eigenvalue weighted by molar-refractivity contribution is 7.74. The molecule has 0 saturated carbocycles. The van der Waals surface area contributed by atoms with Crippen molar-refractivity contribution in [2.24, 2.45) is 0 Å². The SMILES string of the molecule is O=P(O)(O)C=C(C(P(=O)(O)O)P(=O)(O)O)P(=O)(O)O. The van der Waals surface area contributed by atoms with Gasteiger partial charge in [-0.05, 0) is 0 Å². The standard InChI is InChI=1S/C3H10O12P4/c4-16(5,6)1-2(17(7,8)9)3(18(10,11)12)19(13,14)15/h1,3H,(H2,4,5,6)(H2,7,8,9)(H2,10,11,12)(H2,13,14,15). The Balaban J connectivity index is 6.37. The summed E-state index contributed by atoms with van der Waals surface area (Å²) >= 11 is 0. The highest BCUT2D eigenvalue weighted by Gasteiger charge is 2.52. The van der Waals surface area contributed by atoms with Crippen LogP contribution in [0.25, 0.3) is 0 Å². The van der Waals surface area contributed by atoms with E-state index in [9.17, 15) is 18.3 Å². The van der Waals surface area contributed by atoms with Gasteiger partial charge in [-0.25, -0.2) is 0 Å². The van der Waals surface area contributed by atoms with E-state index in [0.717, 1.165) is 0 Å². The van der Waals surface area contributed by atoms with Crippen molar-refractivity contribution in [3.8, 4) is 0 Å². The molecule has 16 heteroatoms. The Hall–Kier alpha value is 0.340. The first-order valence-electron chi connectivity index (χ1n) is 3.91. The molecule has 0 bridgehead atoms. The van der Waals surface area contributed by atoms with Crippen LogP contribution in [-0.2, 0) is 18.3 Å². The summed E-state index contributed by atoms with van der Waals surface area (Å²) in [4.78, 5) is 69.4. The minimum Gasteiger partial charge on any atom is -0.324 e. The minimum atomic E-state index is -5.80. The fourth-order valence-corrected chi connectivity index (χ4v) is 7.30. The molecule has 0 radical (unpaired) electrons. The lowest BCUT2D eigenvalue weighted by Crippen LogP contribution is -2.13. The average molecular weight is 362 g/mol. The van der Waals surface area contributed by atoms with Gasteiger partial charge in [-0.15, -0.1) is 0 Å². The summed E-state index contributed by atoms with van der Waals surface area (Å²) in [7, 11) is -22.7. The van der Waals surface area contributed by atoms with Gasteiger partial charge in [0.05, 0.1) is 5.31 Å². The second-order valence-corrected chi connectivity index (χ2v) is 10.1. The molecule has 0 aliphatic carbocycles. The van der Waals surface area contributed by atoms with Gasteiger partial charge in [-0.2, -0.15) is 0 Å². The van der Waals surface area contributed by atoms with Gasteiger partial charge < -0.3 is 39.1 Å². The predicted octanol–water partition coefficient (Wildman–Crippen LogP) is -1.14. The Morgan fingerprint density at radius 2 is 1.05 bits per heavy atom. The Morgan fingerprint density at radius 1 is 0.737 bits per heavy atom. The van der Waals surface area contributed by atoms with Crippen molar-refractivity contribution < 1.29 is 57.4 Å². The number of allylic oxidation sites excluding steroid dienone is 1. The summed E-state index contributed by atoms with van der Waals surface area (Å²) in [5.41, 5.74) is 0. The molecular formula is C3H10O12P4. The van der Waals surface area contributed by atoms with Gasteiger partial charge in [-0.3, -0.25) is 18.3 Å². The smallest absolute Gasteiger partial charge is 0.324 e. The molecule has 114 valence electrons. The molecule has 0 aliphatic rings. The molecule has 12 nitrogen and oxygen atoms in total. The Kier molecular flexibility index (Phi) is 5.71. The van der Waals surface area contributed by atoms with Gasteiger partial charge in [0.15, 0.2) is 5.40 Å². The summed E-state index contributed by atoms with van der Waals surface area (Å²) in [5, 5.41) is -5.35. The van der Waals surface area contributed by atoms with Crippen LogP contribution in [0, 0.1) is 0 Å². The molecule has 0 aromatic carbocycles.